The number of carbonyl (C=O) groups is 2. The number of amides is 2. The van der Waals surface area contributed by atoms with Gasteiger partial charge >= 0.3 is 6.09 Å². The van der Waals surface area contributed by atoms with Crippen LogP contribution in [0.25, 0.3) is 0 Å². The molecule has 0 aliphatic carbocycles. The number of thiophene rings is 1. The van der Waals surface area contributed by atoms with Gasteiger partial charge in [0.2, 0.25) is 0 Å². The van der Waals surface area contributed by atoms with Gasteiger partial charge in [0, 0.05) is 11.4 Å². The fraction of sp³-hybridized carbons (Fsp3) is 0.400. The largest absolute Gasteiger partial charge is 0.450 e. The van der Waals surface area contributed by atoms with Crippen LogP contribution in [0.3, 0.4) is 0 Å². The normalized spacial score (nSPS) is 18.2. The van der Waals surface area contributed by atoms with Crippen molar-refractivity contribution in [3.63, 3.8) is 0 Å². The first-order chi connectivity index (χ1) is 13.1. The molecule has 0 bridgehead atoms. The maximum absolute atomic E-state index is 12.8. The SMILES string of the molecule is CCOC(=O)N1CCc2c(sc3c2C(=O)N[C@H](c2ccc(CC)cc2)N3)C1. The predicted octanol–water partition coefficient (Wildman–Crippen LogP) is 3.68. The standard InChI is InChI=1S/C20H23N3O3S/c1-3-12-5-7-13(8-6-12)17-21-18(24)16-14-9-10-23(20(25)26-4-2)11-15(14)27-19(16)22-17/h5-8,17,22H,3-4,9-11H2,1-2H3,(H,21,24)/t17-/m0/s1. The number of fused-ring (bicyclic) bond motifs is 3. The molecule has 3 heterocycles. The lowest BCUT2D eigenvalue weighted by Crippen LogP contribution is -2.39. The zero-order valence-electron chi connectivity index (χ0n) is 15.5. The van der Waals surface area contributed by atoms with Gasteiger partial charge in [-0.15, -0.1) is 11.3 Å². The van der Waals surface area contributed by atoms with Gasteiger partial charge in [-0.2, -0.15) is 0 Å². The van der Waals surface area contributed by atoms with Crippen LogP contribution in [0, 0.1) is 0 Å². The van der Waals surface area contributed by atoms with Crippen LogP contribution in [0.5, 0.6) is 0 Å². The number of rotatable bonds is 3. The number of nitrogens with zero attached hydrogens (tertiary/aromatic N) is 1. The lowest BCUT2D eigenvalue weighted by Gasteiger charge is -2.28. The van der Waals surface area contributed by atoms with Crippen LogP contribution in [-0.4, -0.2) is 30.1 Å². The Morgan fingerprint density at radius 3 is 2.74 bits per heavy atom. The molecule has 7 heteroatoms. The number of ether oxygens (including phenoxy) is 1. The molecule has 0 saturated carbocycles. The molecule has 2 aliphatic rings. The van der Waals surface area contributed by atoms with Crippen LogP contribution in [-0.2, 0) is 24.1 Å². The van der Waals surface area contributed by atoms with E-state index in [9.17, 15) is 9.59 Å². The molecule has 1 aromatic heterocycles. The molecule has 0 radical (unpaired) electrons. The van der Waals surface area contributed by atoms with Crippen LogP contribution < -0.4 is 10.6 Å². The summed E-state index contributed by atoms with van der Waals surface area (Å²) in [5, 5.41) is 7.42. The summed E-state index contributed by atoms with van der Waals surface area (Å²) in [7, 11) is 0. The van der Waals surface area contributed by atoms with Crippen LogP contribution >= 0.6 is 11.3 Å². The molecule has 1 atom stereocenters. The minimum Gasteiger partial charge on any atom is -0.450 e. The lowest BCUT2D eigenvalue weighted by molar-refractivity contribution is 0.0934. The average molecular weight is 385 g/mol. The van der Waals surface area contributed by atoms with Gasteiger partial charge in [0.15, 0.2) is 0 Å². The van der Waals surface area contributed by atoms with Crippen LogP contribution in [0.4, 0.5) is 9.80 Å². The van der Waals surface area contributed by atoms with E-state index in [2.05, 4.69) is 41.8 Å². The van der Waals surface area contributed by atoms with Crippen molar-refractivity contribution in [2.75, 3.05) is 18.5 Å². The molecule has 0 spiro atoms. The van der Waals surface area contributed by atoms with Gasteiger partial charge in [-0.05, 0) is 36.5 Å². The van der Waals surface area contributed by atoms with E-state index < -0.39 is 0 Å². The minimum atomic E-state index is -0.291. The van der Waals surface area contributed by atoms with Gasteiger partial charge in [-0.1, -0.05) is 31.2 Å². The van der Waals surface area contributed by atoms with Crippen molar-refractivity contribution >= 4 is 28.3 Å². The Hall–Kier alpha value is -2.54. The Labute approximate surface area is 162 Å². The highest BCUT2D eigenvalue weighted by atomic mass is 32.1. The van der Waals surface area contributed by atoms with Gasteiger partial charge in [-0.25, -0.2) is 4.79 Å². The molecule has 142 valence electrons. The van der Waals surface area contributed by atoms with E-state index in [4.69, 9.17) is 4.74 Å². The summed E-state index contributed by atoms with van der Waals surface area (Å²) < 4.78 is 5.11. The number of nitrogens with one attached hydrogen (secondary N) is 2. The number of anilines is 1. The molecular formula is C20H23N3O3S. The quantitative estimate of drug-likeness (QED) is 0.846. The Morgan fingerprint density at radius 1 is 1.26 bits per heavy atom. The third-order valence-electron chi connectivity index (χ3n) is 5.08. The summed E-state index contributed by atoms with van der Waals surface area (Å²) in [5.41, 5.74) is 4.10. The Kier molecular flexibility index (Phi) is 4.78. The van der Waals surface area contributed by atoms with Gasteiger partial charge in [-0.3, -0.25) is 4.79 Å². The zero-order chi connectivity index (χ0) is 19.0. The Bertz CT molecular complexity index is 875. The highest BCUT2D eigenvalue weighted by Crippen LogP contribution is 2.40. The summed E-state index contributed by atoms with van der Waals surface area (Å²) >= 11 is 1.57. The second-order valence-electron chi connectivity index (χ2n) is 6.72. The molecule has 0 unspecified atom stereocenters. The molecule has 27 heavy (non-hydrogen) atoms. The van der Waals surface area contributed by atoms with E-state index in [0.29, 0.717) is 26.1 Å². The fourth-order valence-corrected chi connectivity index (χ4v) is 4.89. The van der Waals surface area contributed by atoms with E-state index in [1.165, 1.54) is 5.56 Å². The molecule has 2 aromatic rings. The second-order valence-corrected chi connectivity index (χ2v) is 7.83. The summed E-state index contributed by atoms with van der Waals surface area (Å²) in [6.45, 7) is 5.36. The van der Waals surface area contributed by atoms with Gasteiger partial charge in [0.25, 0.3) is 5.91 Å². The molecule has 0 saturated heterocycles. The third-order valence-corrected chi connectivity index (χ3v) is 6.23. The zero-order valence-corrected chi connectivity index (χ0v) is 16.3. The van der Waals surface area contributed by atoms with Crippen molar-refractivity contribution in [2.45, 2.75) is 39.4 Å². The molecule has 2 amide bonds. The van der Waals surface area contributed by atoms with E-state index >= 15 is 0 Å². The van der Waals surface area contributed by atoms with Crippen LogP contribution in [0.2, 0.25) is 0 Å². The van der Waals surface area contributed by atoms with Crippen molar-refractivity contribution < 1.29 is 14.3 Å². The van der Waals surface area contributed by atoms with E-state index in [1.807, 2.05) is 0 Å². The van der Waals surface area contributed by atoms with Gasteiger partial charge < -0.3 is 20.3 Å². The molecule has 6 nitrogen and oxygen atoms in total. The van der Waals surface area contributed by atoms with Crippen molar-refractivity contribution in [2.24, 2.45) is 0 Å². The summed E-state index contributed by atoms with van der Waals surface area (Å²) in [6, 6.07) is 8.29. The first-order valence-corrected chi connectivity index (χ1v) is 10.1. The van der Waals surface area contributed by atoms with Gasteiger partial charge in [0.05, 0.1) is 18.7 Å². The number of aryl methyl sites for hydroxylation is 1. The van der Waals surface area contributed by atoms with E-state index in [1.54, 1.807) is 23.2 Å². The van der Waals surface area contributed by atoms with Crippen molar-refractivity contribution in [1.29, 1.82) is 0 Å². The smallest absolute Gasteiger partial charge is 0.410 e. The van der Waals surface area contributed by atoms with E-state index in [0.717, 1.165) is 33.0 Å². The number of benzene rings is 1. The highest BCUT2D eigenvalue weighted by Gasteiger charge is 2.34. The maximum Gasteiger partial charge on any atom is 0.410 e. The van der Waals surface area contributed by atoms with Crippen molar-refractivity contribution in [1.82, 2.24) is 10.2 Å². The Balaban J connectivity index is 1.57. The summed E-state index contributed by atoms with van der Waals surface area (Å²) in [5.74, 6) is -0.0459. The monoisotopic (exact) mass is 385 g/mol. The third kappa shape index (κ3) is 3.27. The summed E-state index contributed by atoms with van der Waals surface area (Å²) in [4.78, 5) is 27.6. The maximum atomic E-state index is 12.8. The van der Waals surface area contributed by atoms with E-state index in [-0.39, 0.29) is 18.2 Å². The van der Waals surface area contributed by atoms with Gasteiger partial charge in [0.1, 0.15) is 11.2 Å². The Morgan fingerprint density at radius 2 is 2.04 bits per heavy atom. The van der Waals surface area contributed by atoms with Crippen LogP contribution in [0.15, 0.2) is 24.3 Å². The average Bonchev–Trinajstić information content (AvgIpc) is 3.06. The van der Waals surface area contributed by atoms with Crippen molar-refractivity contribution in [3.8, 4) is 0 Å². The molecule has 2 N–H and O–H groups in total. The van der Waals surface area contributed by atoms with Crippen LogP contribution in [0.1, 0.15) is 51.9 Å². The summed E-state index contributed by atoms with van der Waals surface area (Å²) in [6.07, 6.45) is 1.13. The number of hydrogen-bond acceptors (Lipinski definition) is 5. The second kappa shape index (κ2) is 7.23. The first kappa shape index (κ1) is 17.9. The molecular weight excluding hydrogens is 362 g/mol. The van der Waals surface area contributed by atoms with Crippen molar-refractivity contribution in [3.05, 3.63) is 51.4 Å². The number of carbonyl (C=O) groups excluding carboxylic acids is 2. The number of hydrogen-bond donors (Lipinski definition) is 2. The molecule has 1 aromatic carbocycles. The fourth-order valence-electron chi connectivity index (χ4n) is 3.60. The topological polar surface area (TPSA) is 70.7 Å². The highest BCUT2D eigenvalue weighted by molar-refractivity contribution is 7.16. The first-order valence-electron chi connectivity index (χ1n) is 9.33. The molecule has 2 aliphatic heterocycles. The molecule has 0 fully saturated rings. The lowest BCUT2D eigenvalue weighted by atomic mass is 10.00. The predicted molar refractivity (Wildman–Crippen MR) is 105 cm³/mol. The molecule has 4 rings (SSSR count). The minimum absolute atomic E-state index is 0.0459.